The maximum absolute atomic E-state index is 13.0. The van der Waals surface area contributed by atoms with E-state index in [1.54, 1.807) is 18.3 Å². The molecule has 9 N–H and O–H groups in total. The van der Waals surface area contributed by atoms with E-state index < -0.39 is 66.9 Å². The molecule has 0 aliphatic rings. The normalized spacial score (nSPS) is 14.3. The minimum absolute atomic E-state index is 0.0756. The van der Waals surface area contributed by atoms with Crippen LogP contribution in [0.15, 0.2) is 30.5 Å². The number of aromatic nitrogens is 1. The zero-order valence-corrected chi connectivity index (χ0v) is 21.3. The number of nitrogens with one attached hydrogen (secondary N) is 4. The Labute approximate surface area is 219 Å². The number of aliphatic carboxylic acids is 2. The van der Waals surface area contributed by atoms with Crippen molar-refractivity contribution in [1.82, 2.24) is 20.9 Å². The van der Waals surface area contributed by atoms with Crippen molar-refractivity contribution in [3.63, 3.8) is 0 Å². The number of hydrogen-bond donors (Lipinski definition) is 8. The average Bonchev–Trinajstić information content (AvgIpc) is 3.26. The first-order chi connectivity index (χ1) is 17.9. The van der Waals surface area contributed by atoms with Crippen LogP contribution in [-0.4, -0.2) is 80.7 Å². The summed E-state index contributed by atoms with van der Waals surface area (Å²) in [5.74, 6) is -5.02. The predicted octanol–water partition coefficient (Wildman–Crippen LogP) is -0.520. The van der Waals surface area contributed by atoms with Crippen molar-refractivity contribution in [3.05, 3.63) is 36.0 Å². The lowest BCUT2D eigenvalue weighted by Gasteiger charge is -2.24. The van der Waals surface area contributed by atoms with E-state index in [-0.39, 0.29) is 18.8 Å². The Morgan fingerprint density at radius 2 is 1.53 bits per heavy atom. The summed E-state index contributed by atoms with van der Waals surface area (Å²) < 4.78 is 0. The zero-order valence-electron chi connectivity index (χ0n) is 21.3. The molecule has 1 aromatic heterocycles. The highest BCUT2D eigenvalue weighted by molar-refractivity contribution is 5.94. The summed E-state index contributed by atoms with van der Waals surface area (Å²) in [5.41, 5.74) is 7.24. The van der Waals surface area contributed by atoms with Crippen molar-refractivity contribution in [3.8, 4) is 0 Å². The van der Waals surface area contributed by atoms with Crippen LogP contribution in [0.25, 0.3) is 10.9 Å². The number of aliphatic hydroxyl groups excluding tert-OH is 1. The van der Waals surface area contributed by atoms with Crippen molar-refractivity contribution in [1.29, 1.82) is 0 Å². The lowest BCUT2D eigenvalue weighted by Crippen LogP contribution is -2.58. The van der Waals surface area contributed by atoms with Crippen molar-refractivity contribution in [2.75, 3.05) is 6.61 Å². The molecule has 13 nitrogen and oxygen atoms in total. The van der Waals surface area contributed by atoms with E-state index >= 15 is 0 Å². The molecule has 0 fully saturated rings. The Bertz CT molecular complexity index is 1150. The third-order valence-corrected chi connectivity index (χ3v) is 5.87. The summed E-state index contributed by atoms with van der Waals surface area (Å²) in [5, 5.41) is 36.2. The molecular formula is C25H35N5O8. The van der Waals surface area contributed by atoms with Gasteiger partial charge in [0, 0.05) is 29.9 Å². The Kier molecular flexibility index (Phi) is 11.2. The first-order valence-electron chi connectivity index (χ1n) is 12.2. The van der Waals surface area contributed by atoms with E-state index in [1.165, 1.54) is 0 Å². The Balaban J connectivity index is 2.14. The monoisotopic (exact) mass is 533 g/mol. The number of fused-ring (bicyclic) bond motifs is 1. The highest BCUT2D eigenvalue weighted by Crippen LogP contribution is 2.19. The van der Waals surface area contributed by atoms with Crippen LogP contribution in [0, 0.1) is 5.92 Å². The molecule has 0 spiro atoms. The largest absolute Gasteiger partial charge is 0.481 e. The van der Waals surface area contributed by atoms with Gasteiger partial charge in [-0.05, 0) is 30.4 Å². The second-order valence-electron chi connectivity index (χ2n) is 9.44. The van der Waals surface area contributed by atoms with Crippen LogP contribution in [0.2, 0.25) is 0 Å². The SMILES string of the molecule is CC(C)CC(N)C(=O)NC(CO)C(=O)NC(CCC(=O)O)C(=O)NC(Cc1c[nH]c2ccccc12)C(=O)O. The topological polar surface area (TPSA) is 224 Å². The lowest BCUT2D eigenvalue weighted by molar-refractivity contribution is -0.143. The van der Waals surface area contributed by atoms with Crippen LogP contribution in [0.3, 0.4) is 0 Å². The van der Waals surface area contributed by atoms with Crippen LogP contribution in [0.4, 0.5) is 0 Å². The number of hydrogen-bond acceptors (Lipinski definition) is 7. The van der Waals surface area contributed by atoms with Crippen LogP contribution in [0.5, 0.6) is 0 Å². The van der Waals surface area contributed by atoms with Crippen LogP contribution in [0.1, 0.15) is 38.7 Å². The smallest absolute Gasteiger partial charge is 0.326 e. The van der Waals surface area contributed by atoms with Gasteiger partial charge in [-0.3, -0.25) is 19.2 Å². The molecule has 0 saturated heterocycles. The molecule has 4 unspecified atom stereocenters. The lowest BCUT2D eigenvalue weighted by atomic mass is 10.0. The molecule has 0 aliphatic heterocycles. The van der Waals surface area contributed by atoms with Crippen molar-refractivity contribution in [2.45, 2.75) is 63.7 Å². The van der Waals surface area contributed by atoms with Gasteiger partial charge in [-0.25, -0.2) is 4.79 Å². The van der Waals surface area contributed by atoms with Gasteiger partial charge >= 0.3 is 11.9 Å². The average molecular weight is 534 g/mol. The number of amides is 3. The molecule has 38 heavy (non-hydrogen) atoms. The maximum Gasteiger partial charge on any atom is 0.326 e. The molecule has 0 bridgehead atoms. The summed E-state index contributed by atoms with van der Waals surface area (Å²) in [7, 11) is 0. The standard InChI is InChI=1S/C25H35N5O8/c1-13(2)9-16(26)22(34)30-20(12-31)24(36)28-18(7-8-21(32)33)23(35)29-19(25(37)38)10-14-11-27-17-6-4-3-5-15(14)17/h3-6,11,13,16,18-20,27,31H,7-10,12,26H2,1-2H3,(H,28,36)(H,29,35)(H,30,34)(H,32,33)(H,37,38). The molecule has 1 heterocycles. The van der Waals surface area contributed by atoms with Gasteiger partial charge in [0.15, 0.2) is 0 Å². The minimum Gasteiger partial charge on any atom is -0.481 e. The van der Waals surface area contributed by atoms with E-state index in [0.717, 1.165) is 10.9 Å². The highest BCUT2D eigenvalue weighted by Gasteiger charge is 2.31. The molecule has 208 valence electrons. The van der Waals surface area contributed by atoms with Gasteiger partial charge in [-0.2, -0.15) is 0 Å². The van der Waals surface area contributed by atoms with E-state index in [1.807, 2.05) is 26.0 Å². The Morgan fingerprint density at radius 1 is 0.921 bits per heavy atom. The third kappa shape index (κ3) is 8.85. The molecule has 0 saturated carbocycles. The summed E-state index contributed by atoms with van der Waals surface area (Å²) in [6.45, 7) is 2.91. The number of rotatable bonds is 15. The molecule has 2 rings (SSSR count). The van der Waals surface area contributed by atoms with Crippen molar-refractivity contribution >= 4 is 40.6 Å². The van der Waals surface area contributed by atoms with E-state index in [9.17, 15) is 34.2 Å². The molecule has 2 aromatic rings. The van der Waals surface area contributed by atoms with Crippen molar-refractivity contribution < 1.29 is 39.3 Å². The molecule has 0 radical (unpaired) electrons. The highest BCUT2D eigenvalue weighted by atomic mass is 16.4. The van der Waals surface area contributed by atoms with E-state index in [0.29, 0.717) is 12.0 Å². The van der Waals surface area contributed by atoms with Crippen LogP contribution >= 0.6 is 0 Å². The first-order valence-corrected chi connectivity index (χ1v) is 12.2. The Morgan fingerprint density at radius 3 is 2.13 bits per heavy atom. The second-order valence-corrected chi connectivity index (χ2v) is 9.44. The predicted molar refractivity (Wildman–Crippen MR) is 137 cm³/mol. The fourth-order valence-electron chi connectivity index (χ4n) is 3.89. The number of aliphatic hydroxyl groups is 1. The summed E-state index contributed by atoms with van der Waals surface area (Å²) in [4.78, 5) is 64.1. The molecule has 0 aliphatic carbocycles. The minimum atomic E-state index is -1.46. The third-order valence-electron chi connectivity index (χ3n) is 5.87. The van der Waals surface area contributed by atoms with Crippen LogP contribution in [-0.2, 0) is 30.4 Å². The number of carboxylic acid groups (broad SMARTS) is 2. The summed E-state index contributed by atoms with van der Waals surface area (Å²) in [6, 6.07) is 2.01. The zero-order chi connectivity index (χ0) is 28.4. The number of aromatic amines is 1. The number of carboxylic acids is 2. The quantitative estimate of drug-likeness (QED) is 0.147. The van der Waals surface area contributed by atoms with Gasteiger partial charge in [0.25, 0.3) is 0 Å². The molecule has 3 amide bonds. The van der Waals surface area contributed by atoms with Gasteiger partial charge in [0.05, 0.1) is 12.6 Å². The number of carbonyl (C=O) groups excluding carboxylic acids is 3. The van der Waals surface area contributed by atoms with Gasteiger partial charge in [0.1, 0.15) is 18.1 Å². The maximum atomic E-state index is 13.0. The number of benzene rings is 1. The second kappa shape index (κ2) is 14.1. The number of para-hydroxylation sites is 1. The molecule has 13 heteroatoms. The fraction of sp³-hybridized carbons (Fsp3) is 0.480. The van der Waals surface area contributed by atoms with Gasteiger partial charge < -0.3 is 42.0 Å². The van der Waals surface area contributed by atoms with Gasteiger partial charge in [0.2, 0.25) is 17.7 Å². The van der Waals surface area contributed by atoms with E-state index in [4.69, 9.17) is 10.8 Å². The number of H-pyrrole nitrogens is 1. The van der Waals surface area contributed by atoms with E-state index in [2.05, 4.69) is 20.9 Å². The number of carbonyl (C=O) groups is 5. The number of nitrogens with two attached hydrogens (primary N) is 1. The van der Waals surface area contributed by atoms with Gasteiger partial charge in [-0.15, -0.1) is 0 Å². The summed E-state index contributed by atoms with van der Waals surface area (Å²) in [6.07, 6.45) is 1.03. The molecule has 1 aromatic carbocycles. The van der Waals surface area contributed by atoms with Gasteiger partial charge in [-0.1, -0.05) is 32.0 Å². The fourth-order valence-corrected chi connectivity index (χ4v) is 3.89. The Hall–Kier alpha value is -3.97. The molecule has 4 atom stereocenters. The first kappa shape index (κ1) is 30.3. The van der Waals surface area contributed by atoms with Crippen LogP contribution < -0.4 is 21.7 Å². The summed E-state index contributed by atoms with van der Waals surface area (Å²) >= 11 is 0. The van der Waals surface area contributed by atoms with Crippen molar-refractivity contribution in [2.24, 2.45) is 11.7 Å². The molecular weight excluding hydrogens is 498 g/mol.